The number of nitrogens with zero attached hydrogens (tertiary/aromatic N) is 1. The van der Waals surface area contributed by atoms with E-state index in [0.717, 1.165) is 28.0 Å². The maximum atomic E-state index is 11.6. The van der Waals surface area contributed by atoms with Crippen LogP contribution in [-0.2, 0) is 11.3 Å². The normalized spacial score (nSPS) is 11.0. The van der Waals surface area contributed by atoms with Gasteiger partial charge in [-0.15, -0.1) is 0 Å². The topological polar surface area (TPSA) is 64.4 Å². The summed E-state index contributed by atoms with van der Waals surface area (Å²) in [6, 6.07) is 13.4. The van der Waals surface area contributed by atoms with Crippen molar-refractivity contribution in [2.45, 2.75) is 20.4 Å². The number of carbonyl (C=O) groups excluding carboxylic acids is 1. The van der Waals surface area contributed by atoms with E-state index in [4.69, 9.17) is 9.15 Å². The molecule has 0 aliphatic rings. The molecule has 124 valence electrons. The molecule has 3 aromatic rings. The summed E-state index contributed by atoms with van der Waals surface area (Å²) in [6.45, 7) is 4.27. The summed E-state index contributed by atoms with van der Waals surface area (Å²) >= 11 is 0. The fourth-order valence-electron chi connectivity index (χ4n) is 2.32. The largest absolute Gasteiger partial charge is 0.497 e. The van der Waals surface area contributed by atoms with Crippen LogP contribution in [0.3, 0.4) is 0 Å². The van der Waals surface area contributed by atoms with Crippen molar-refractivity contribution in [2.24, 2.45) is 5.92 Å². The Balaban J connectivity index is 1.76. The maximum absolute atomic E-state index is 11.6. The minimum absolute atomic E-state index is 0.0130. The number of amides is 1. The van der Waals surface area contributed by atoms with Crippen molar-refractivity contribution < 1.29 is 13.9 Å². The second kappa shape index (κ2) is 6.74. The van der Waals surface area contributed by atoms with Gasteiger partial charge in [0.2, 0.25) is 11.8 Å². The number of hydrogen-bond acceptors (Lipinski definition) is 4. The quantitative estimate of drug-likeness (QED) is 0.776. The first kappa shape index (κ1) is 16.1. The van der Waals surface area contributed by atoms with E-state index in [9.17, 15) is 4.79 Å². The average Bonchev–Trinajstić information content (AvgIpc) is 3.02. The van der Waals surface area contributed by atoms with Gasteiger partial charge in [-0.05, 0) is 29.8 Å². The lowest BCUT2D eigenvalue weighted by Gasteiger charge is -2.07. The molecule has 24 heavy (non-hydrogen) atoms. The first-order valence-corrected chi connectivity index (χ1v) is 7.88. The Morgan fingerprint density at radius 1 is 1.21 bits per heavy atom. The van der Waals surface area contributed by atoms with Crippen molar-refractivity contribution in [1.29, 1.82) is 0 Å². The van der Waals surface area contributed by atoms with Crippen LogP contribution in [0.4, 0.5) is 0 Å². The van der Waals surface area contributed by atoms with Crippen LogP contribution in [0.5, 0.6) is 5.75 Å². The van der Waals surface area contributed by atoms with Crippen LogP contribution in [-0.4, -0.2) is 18.0 Å². The number of carbonyl (C=O) groups is 1. The predicted octanol–water partition coefficient (Wildman–Crippen LogP) is 3.78. The molecule has 0 aliphatic carbocycles. The van der Waals surface area contributed by atoms with E-state index in [1.54, 1.807) is 7.11 Å². The molecule has 1 N–H and O–H groups in total. The molecule has 0 atom stereocenters. The molecule has 0 saturated carbocycles. The number of nitrogens with one attached hydrogen (secondary N) is 1. The molecule has 5 nitrogen and oxygen atoms in total. The summed E-state index contributed by atoms with van der Waals surface area (Å²) in [5.41, 5.74) is 3.41. The van der Waals surface area contributed by atoms with E-state index < -0.39 is 0 Å². The van der Waals surface area contributed by atoms with Gasteiger partial charge in [0.25, 0.3) is 0 Å². The number of methoxy groups -OCH3 is 1. The van der Waals surface area contributed by atoms with Crippen molar-refractivity contribution in [3.63, 3.8) is 0 Å². The second-order valence-corrected chi connectivity index (χ2v) is 5.92. The highest BCUT2D eigenvalue weighted by molar-refractivity contribution is 5.78. The lowest BCUT2D eigenvalue weighted by Crippen LogP contribution is -2.27. The Kier molecular flexibility index (Phi) is 4.51. The molecular formula is C19H20N2O3. The Bertz CT molecular complexity index is 851. The third-order valence-electron chi connectivity index (χ3n) is 3.79. The van der Waals surface area contributed by atoms with Gasteiger partial charge in [-0.1, -0.05) is 26.0 Å². The number of hydrogen-bond donors (Lipinski definition) is 1. The number of oxazole rings is 1. The second-order valence-electron chi connectivity index (χ2n) is 5.92. The molecule has 0 bridgehead atoms. The van der Waals surface area contributed by atoms with Gasteiger partial charge in [0.05, 0.1) is 7.11 Å². The zero-order valence-corrected chi connectivity index (χ0v) is 14.0. The monoisotopic (exact) mass is 324 g/mol. The number of ether oxygens (including phenoxy) is 1. The van der Waals surface area contributed by atoms with Gasteiger partial charge in [0.15, 0.2) is 5.58 Å². The van der Waals surface area contributed by atoms with Crippen molar-refractivity contribution in [1.82, 2.24) is 10.3 Å². The third kappa shape index (κ3) is 3.40. The molecule has 5 heteroatoms. The standard InChI is InChI=1S/C19H20N2O3/c1-12(2)18(22)20-11-13-4-6-14(7-5-13)19-21-16-10-15(23-3)8-9-17(16)24-19/h4-10,12H,11H2,1-3H3,(H,20,22). The molecule has 0 spiro atoms. The Morgan fingerprint density at radius 3 is 2.62 bits per heavy atom. The fraction of sp³-hybridized carbons (Fsp3) is 0.263. The van der Waals surface area contributed by atoms with E-state index in [1.807, 2.05) is 56.3 Å². The van der Waals surface area contributed by atoms with E-state index in [0.29, 0.717) is 12.4 Å². The molecular weight excluding hydrogens is 304 g/mol. The highest BCUT2D eigenvalue weighted by Gasteiger charge is 2.10. The van der Waals surface area contributed by atoms with E-state index >= 15 is 0 Å². The summed E-state index contributed by atoms with van der Waals surface area (Å²) < 4.78 is 11.0. The Morgan fingerprint density at radius 2 is 1.96 bits per heavy atom. The number of fused-ring (bicyclic) bond motifs is 1. The maximum Gasteiger partial charge on any atom is 0.227 e. The number of benzene rings is 2. The van der Waals surface area contributed by atoms with E-state index in [-0.39, 0.29) is 11.8 Å². The molecule has 1 aromatic heterocycles. The summed E-state index contributed by atoms with van der Waals surface area (Å²) in [4.78, 5) is 16.1. The SMILES string of the molecule is COc1ccc2oc(-c3ccc(CNC(=O)C(C)C)cc3)nc2c1. The Labute approximate surface area is 140 Å². The summed E-state index contributed by atoms with van der Waals surface area (Å²) in [5.74, 6) is 1.35. The third-order valence-corrected chi connectivity index (χ3v) is 3.79. The van der Waals surface area contributed by atoms with Crippen LogP contribution < -0.4 is 10.1 Å². The lowest BCUT2D eigenvalue weighted by atomic mass is 10.1. The number of aromatic nitrogens is 1. The van der Waals surface area contributed by atoms with Crippen LogP contribution in [0.25, 0.3) is 22.6 Å². The molecule has 3 rings (SSSR count). The van der Waals surface area contributed by atoms with Gasteiger partial charge >= 0.3 is 0 Å². The first-order chi connectivity index (χ1) is 11.6. The zero-order chi connectivity index (χ0) is 17.1. The fourth-order valence-corrected chi connectivity index (χ4v) is 2.32. The van der Waals surface area contributed by atoms with Crippen LogP contribution in [0.15, 0.2) is 46.9 Å². The molecule has 0 unspecified atom stereocenters. The van der Waals surface area contributed by atoms with Crippen LogP contribution in [0, 0.1) is 5.92 Å². The van der Waals surface area contributed by atoms with Crippen molar-refractivity contribution in [2.75, 3.05) is 7.11 Å². The smallest absolute Gasteiger partial charge is 0.227 e. The number of rotatable bonds is 5. The summed E-state index contributed by atoms with van der Waals surface area (Å²) in [7, 11) is 1.62. The molecule has 0 radical (unpaired) electrons. The van der Waals surface area contributed by atoms with Gasteiger partial charge in [0, 0.05) is 24.1 Å². The van der Waals surface area contributed by atoms with Crippen LogP contribution >= 0.6 is 0 Å². The van der Waals surface area contributed by atoms with Crippen LogP contribution in [0.2, 0.25) is 0 Å². The molecule has 0 fully saturated rings. The van der Waals surface area contributed by atoms with Gasteiger partial charge < -0.3 is 14.5 Å². The van der Waals surface area contributed by atoms with Crippen molar-refractivity contribution >= 4 is 17.0 Å². The average molecular weight is 324 g/mol. The van der Waals surface area contributed by atoms with Gasteiger partial charge in [0.1, 0.15) is 11.3 Å². The minimum atomic E-state index is -0.0130. The first-order valence-electron chi connectivity index (χ1n) is 7.88. The summed E-state index contributed by atoms with van der Waals surface area (Å²) in [6.07, 6.45) is 0. The van der Waals surface area contributed by atoms with Gasteiger partial charge in [-0.2, -0.15) is 0 Å². The molecule has 0 saturated heterocycles. The van der Waals surface area contributed by atoms with E-state index in [1.165, 1.54) is 0 Å². The van der Waals surface area contributed by atoms with Gasteiger partial charge in [-0.25, -0.2) is 4.98 Å². The van der Waals surface area contributed by atoms with Crippen LogP contribution in [0.1, 0.15) is 19.4 Å². The highest BCUT2D eigenvalue weighted by Crippen LogP contribution is 2.27. The lowest BCUT2D eigenvalue weighted by molar-refractivity contribution is -0.124. The van der Waals surface area contributed by atoms with Crippen molar-refractivity contribution in [3.05, 3.63) is 48.0 Å². The highest BCUT2D eigenvalue weighted by atomic mass is 16.5. The van der Waals surface area contributed by atoms with Crippen molar-refractivity contribution in [3.8, 4) is 17.2 Å². The molecule has 2 aromatic carbocycles. The molecule has 0 aliphatic heterocycles. The predicted molar refractivity (Wildman–Crippen MR) is 92.7 cm³/mol. The summed E-state index contributed by atoms with van der Waals surface area (Å²) in [5, 5.41) is 2.90. The molecule has 1 heterocycles. The zero-order valence-electron chi connectivity index (χ0n) is 14.0. The Hall–Kier alpha value is -2.82. The molecule has 1 amide bonds. The van der Waals surface area contributed by atoms with E-state index in [2.05, 4.69) is 10.3 Å². The van der Waals surface area contributed by atoms with Gasteiger partial charge in [-0.3, -0.25) is 4.79 Å². The minimum Gasteiger partial charge on any atom is -0.497 e.